The van der Waals surface area contributed by atoms with Crippen molar-refractivity contribution in [2.24, 2.45) is 4.99 Å². The monoisotopic (exact) mass is 552 g/mol. The minimum absolute atomic E-state index is 0. The van der Waals surface area contributed by atoms with Crippen molar-refractivity contribution >= 4 is 57.2 Å². The summed E-state index contributed by atoms with van der Waals surface area (Å²) in [7, 11) is -1.68. The number of rotatable bonds is 8. The molecule has 160 valence electrons. The standard InChI is InChI=1S/C19H25ClN4O3S.HI/c1-14(27-17-10-8-16(20)9-11-17)12-22-19(21-2)23-13-15-6-4-5-7-18(15)24-28(3,25)26;/h4-11,14,24H,12-13H2,1-3H3,(H2,21,22,23);1H. The molecule has 29 heavy (non-hydrogen) atoms. The summed E-state index contributed by atoms with van der Waals surface area (Å²) in [5, 5.41) is 7.02. The van der Waals surface area contributed by atoms with Crippen molar-refractivity contribution in [1.29, 1.82) is 0 Å². The topological polar surface area (TPSA) is 91.8 Å². The molecule has 0 amide bonds. The van der Waals surface area contributed by atoms with Gasteiger partial charge in [-0.1, -0.05) is 29.8 Å². The predicted molar refractivity (Wildman–Crippen MR) is 130 cm³/mol. The Hall–Kier alpha value is -1.72. The van der Waals surface area contributed by atoms with Crippen LogP contribution in [0.15, 0.2) is 53.5 Å². The zero-order chi connectivity index (χ0) is 20.6. The van der Waals surface area contributed by atoms with Gasteiger partial charge < -0.3 is 15.4 Å². The number of benzene rings is 2. The van der Waals surface area contributed by atoms with E-state index in [1.807, 2.05) is 31.2 Å². The molecule has 2 aromatic rings. The molecule has 0 heterocycles. The van der Waals surface area contributed by atoms with Crippen molar-refractivity contribution in [3.8, 4) is 5.75 Å². The minimum atomic E-state index is -3.35. The van der Waals surface area contributed by atoms with Crippen LogP contribution < -0.4 is 20.1 Å². The highest BCUT2D eigenvalue weighted by atomic mass is 127. The van der Waals surface area contributed by atoms with Crippen molar-refractivity contribution in [2.75, 3.05) is 24.6 Å². The molecular formula is C19H26ClIN4O3S. The van der Waals surface area contributed by atoms with Crippen LogP contribution in [0.4, 0.5) is 5.69 Å². The van der Waals surface area contributed by atoms with Gasteiger partial charge in [0.15, 0.2) is 5.96 Å². The van der Waals surface area contributed by atoms with Crippen molar-refractivity contribution in [3.63, 3.8) is 0 Å². The maximum atomic E-state index is 11.5. The molecule has 10 heteroatoms. The number of nitrogens with zero attached hydrogens (tertiary/aromatic N) is 1. The van der Waals surface area contributed by atoms with E-state index in [0.717, 1.165) is 17.6 Å². The second-order valence-corrected chi connectivity index (χ2v) is 8.41. The number of halogens is 2. The van der Waals surface area contributed by atoms with Gasteiger partial charge in [0, 0.05) is 18.6 Å². The van der Waals surface area contributed by atoms with E-state index in [1.54, 1.807) is 31.3 Å². The van der Waals surface area contributed by atoms with Gasteiger partial charge in [0.1, 0.15) is 11.9 Å². The molecule has 0 aliphatic heterocycles. The van der Waals surface area contributed by atoms with Crippen LogP contribution in [0.2, 0.25) is 5.02 Å². The van der Waals surface area contributed by atoms with Gasteiger partial charge in [-0.15, -0.1) is 24.0 Å². The van der Waals surface area contributed by atoms with Crippen LogP contribution in [0.1, 0.15) is 12.5 Å². The zero-order valence-corrected chi connectivity index (χ0v) is 20.4. The molecule has 7 nitrogen and oxygen atoms in total. The molecule has 3 N–H and O–H groups in total. The second-order valence-electron chi connectivity index (χ2n) is 6.22. The molecule has 0 spiro atoms. The van der Waals surface area contributed by atoms with Crippen molar-refractivity contribution in [1.82, 2.24) is 10.6 Å². The fraction of sp³-hybridized carbons (Fsp3) is 0.316. The number of ether oxygens (including phenoxy) is 1. The Morgan fingerprint density at radius 1 is 1.14 bits per heavy atom. The van der Waals surface area contributed by atoms with E-state index in [9.17, 15) is 8.42 Å². The van der Waals surface area contributed by atoms with E-state index in [1.165, 1.54) is 0 Å². The summed E-state index contributed by atoms with van der Waals surface area (Å²) in [6.45, 7) is 2.89. The highest BCUT2D eigenvalue weighted by Gasteiger charge is 2.09. The van der Waals surface area contributed by atoms with E-state index in [-0.39, 0.29) is 30.1 Å². The van der Waals surface area contributed by atoms with Crippen LogP contribution in [0.3, 0.4) is 0 Å². The molecule has 0 saturated carbocycles. The van der Waals surface area contributed by atoms with Crippen molar-refractivity contribution in [2.45, 2.75) is 19.6 Å². The Kier molecular flexibility index (Phi) is 10.5. The first-order chi connectivity index (χ1) is 13.3. The maximum absolute atomic E-state index is 11.5. The highest BCUT2D eigenvalue weighted by Crippen LogP contribution is 2.17. The molecule has 0 radical (unpaired) electrons. The van der Waals surface area contributed by atoms with E-state index in [2.05, 4.69) is 20.3 Å². The molecule has 0 aliphatic rings. The molecular weight excluding hydrogens is 527 g/mol. The largest absolute Gasteiger partial charge is 0.489 e. The quantitative estimate of drug-likeness (QED) is 0.265. The van der Waals surface area contributed by atoms with Crippen molar-refractivity contribution < 1.29 is 13.2 Å². The van der Waals surface area contributed by atoms with Crippen LogP contribution in [0.5, 0.6) is 5.75 Å². The average Bonchev–Trinajstić information content (AvgIpc) is 2.64. The van der Waals surface area contributed by atoms with Gasteiger partial charge in [0.2, 0.25) is 10.0 Å². The molecule has 2 rings (SSSR count). The van der Waals surface area contributed by atoms with Gasteiger partial charge in [0.25, 0.3) is 0 Å². The fourth-order valence-electron chi connectivity index (χ4n) is 2.40. The molecule has 0 fully saturated rings. The number of anilines is 1. The number of aliphatic imine (C=N–C) groups is 1. The fourth-order valence-corrected chi connectivity index (χ4v) is 3.13. The van der Waals surface area contributed by atoms with Crippen LogP contribution in [-0.4, -0.2) is 40.3 Å². The lowest BCUT2D eigenvalue weighted by atomic mass is 10.2. The van der Waals surface area contributed by atoms with E-state index in [4.69, 9.17) is 16.3 Å². The number of nitrogens with one attached hydrogen (secondary N) is 3. The lowest BCUT2D eigenvalue weighted by Crippen LogP contribution is -2.41. The summed E-state index contributed by atoms with van der Waals surface area (Å²) >= 11 is 5.87. The Bertz CT molecular complexity index is 908. The lowest BCUT2D eigenvalue weighted by Gasteiger charge is -2.18. The van der Waals surface area contributed by atoms with Gasteiger partial charge in [-0.2, -0.15) is 0 Å². The number of sulfonamides is 1. The minimum Gasteiger partial charge on any atom is -0.489 e. The van der Waals surface area contributed by atoms with Gasteiger partial charge in [-0.05, 0) is 42.8 Å². The van der Waals surface area contributed by atoms with Crippen LogP contribution >= 0.6 is 35.6 Å². The Balaban J connectivity index is 0.00000420. The van der Waals surface area contributed by atoms with Crippen LogP contribution in [0.25, 0.3) is 0 Å². The second kappa shape index (κ2) is 12.1. The maximum Gasteiger partial charge on any atom is 0.229 e. The SMILES string of the molecule is CN=C(NCc1ccccc1NS(C)(=O)=O)NCC(C)Oc1ccc(Cl)cc1.I. The van der Waals surface area contributed by atoms with Crippen LogP contribution in [0, 0.1) is 0 Å². The van der Waals surface area contributed by atoms with Crippen LogP contribution in [-0.2, 0) is 16.6 Å². The number of guanidine groups is 1. The first-order valence-corrected chi connectivity index (χ1v) is 11.0. The number of hydrogen-bond acceptors (Lipinski definition) is 4. The average molecular weight is 553 g/mol. The summed E-state index contributed by atoms with van der Waals surface area (Å²) < 4.78 is 31.3. The predicted octanol–water partition coefficient (Wildman–Crippen LogP) is 3.46. The van der Waals surface area contributed by atoms with Gasteiger partial charge in [0.05, 0.1) is 18.5 Å². The third-order valence-electron chi connectivity index (χ3n) is 3.69. The lowest BCUT2D eigenvalue weighted by molar-refractivity contribution is 0.224. The number of hydrogen-bond donors (Lipinski definition) is 3. The van der Waals surface area contributed by atoms with Gasteiger partial charge in [-0.25, -0.2) is 8.42 Å². The van der Waals surface area contributed by atoms with E-state index < -0.39 is 10.0 Å². The smallest absolute Gasteiger partial charge is 0.229 e. The summed E-state index contributed by atoms with van der Waals surface area (Å²) in [4.78, 5) is 4.18. The van der Waals surface area contributed by atoms with E-state index in [0.29, 0.717) is 29.8 Å². The first kappa shape index (κ1) is 25.3. The third-order valence-corrected chi connectivity index (χ3v) is 4.53. The first-order valence-electron chi connectivity index (χ1n) is 8.69. The van der Waals surface area contributed by atoms with Gasteiger partial charge >= 0.3 is 0 Å². The van der Waals surface area contributed by atoms with Gasteiger partial charge in [-0.3, -0.25) is 9.71 Å². The molecule has 0 bridgehead atoms. The highest BCUT2D eigenvalue weighted by molar-refractivity contribution is 14.0. The molecule has 0 aliphatic carbocycles. The summed E-state index contributed by atoms with van der Waals surface area (Å²) in [6.07, 6.45) is 1.03. The Morgan fingerprint density at radius 2 is 1.79 bits per heavy atom. The molecule has 1 unspecified atom stereocenters. The summed E-state index contributed by atoms with van der Waals surface area (Å²) in [5.41, 5.74) is 1.34. The third kappa shape index (κ3) is 9.55. The summed E-state index contributed by atoms with van der Waals surface area (Å²) in [6, 6.07) is 14.4. The Labute approximate surface area is 194 Å². The number of para-hydroxylation sites is 1. The molecule has 0 aromatic heterocycles. The van der Waals surface area contributed by atoms with Crippen molar-refractivity contribution in [3.05, 3.63) is 59.1 Å². The Morgan fingerprint density at radius 3 is 2.41 bits per heavy atom. The molecule has 2 aromatic carbocycles. The summed E-state index contributed by atoms with van der Waals surface area (Å²) in [5.74, 6) is 1.32. The zero-order valence-electron chi connectivity index (χ0n) is 16.5. The molecule has 0 saturated heterocycles. The molecule has 1 atom stereocenters. The normalized spacial score (nSPS) is 12.5. The van der Waals surface area contributed by atoms with E-state index >= 15 is 0 Å².